The molecule has 45 heavy (non-hydrogen) atoms. The van der Waals surface area contributed by atoms with Crippen molar-refractivity contribution in [3.63, 3.8) is 0 Å². The number of benzene rings is 3. The Morgan fingerprint density at radius 3 is 2.33 bits per heavy atom. The number of pyridine rings is 1. The zero-order chi connectivity index (χ0) is 32.1. The summed E-state index contributed by atoms with van der Waals surface area (Å²) < 4.78 is 101. The Balaban J connectivity index is 1.29. The molecule has 0 saturated heterocycles. The number of aromatic amines is 1. The average Bonchev–Trinajstić information content (AvgIpc) is 3.53. The van der Waals surface area contributed by atoms with Gasteiger partial charge in [0.1, 0.15) is 22.8 Å². The van der Waals surface area contributed by atoms with Crippen molar-refractivity contribution in [2.75, 3.05) is 5.32 Å². The van der Waals surface area contributed by atoms with Gasteiger partial charge in [0, 0.05) is 30.6 Å². The van der Waals surface area contributed by atoms with Crippen LogP contribution >= 0.6 is 0 Å². The molecule has 3 aromatic carbocycles. The second kappa shape index (κ2) is 10.9. The Morgan fingerprint density at radius 1 is 0.844 bits per heavy atom. The topological polar surface area (TPSA) is 80.6 Å². The molecule has 0 atom stereocenters. The number of nitrogens with zero attached hydrogens (tertiary/aromatic N) is 4. The van der Waals surface area contributed by atoms with Crippen molar-refractivity contribution in [2.45, 2.75) is 19.3 Å². The van der Waals surface area contributed by atoms with Crippen molar-refractivity contribution in [2.24, 2.45) is 7.05 Å². The van der Waals surface area contributed by atoms with E-state index in [2.05, 4.69) is 25.3 Å². The molecule has 14 heteroatoms. The number of H-pyrrole nitrogens is 1. The number of aryl methyl sites for hydroxylation is 2. The Labute approximate surface area is 250 Å². The fraction of sp³-hybridized carbons (Fsp3) is 0.129. The number of nitrogens with one attached hydrogen (secondary N) is 2. The quantitative estimate of drug-likeness (QED) is 0.180. The molecule has 0 radical (unpaired) electrons. The van der Waals surface area contributed by atoms with E-state index in [0.29, 0.717) is 51.8 Å². The molecule has 230 valence electrons. The number of anilines is 2. The standard InChI is InChI=1S/C31H21F7N6O/c1-16-26(17-5-3-6-18(13-17)30(33,34)35)42-28(40-16)23-15-20(11-12-39-23)45-25-8-4-7-24-27(25)43-29(44(24)2)41-22-14-19(31(36,37)38)9-10-21(22)32/h3-15H,1-2H3,(H,40,42)(H,41,43). The third-order valence-corrected chi connectivity index (χ3v) is 6.96. The normalized spacial score (nSPS) is 12.1. The van der Waals surface area contributed by atoms with Gasteiger partial charge >= 0.3 is 12.4 Å². The lowest BCUT2D eigenvalue weighted by Gasteiger charge is -2.11. The number of para-hydroxylation sites is 1. The van der Waals surface area contributed by atoms with E-state index in [1.54, 1.807) is 48.9 Å². The van der Waals surface area contributed by atoms with Crippen LogP contribution < -0.4 is 10.1 Å². The van der Waals surface area contributed by atoms with Crippen LogP contribution in [-0.4, -0.2) is 24.5 Å². The maximum absolute atomic E-state index is 14.4. The minimum atomic E-state index is -4.66. The van der Waals surface area contributed by atoms with Crippen LogP contribution in [0, 0.1) is 12.7 Å². The lowest BCUT2D eigenvalue weighted by molar-refractivity contribution is -0.138. The number of halogens is 7. The maximum atomic E-state index is 14.4. The summed E-state index contributed by atoms with van der Waals surface area (Å²) in [7, 11) is 1.61. The fourth-order valence-electron chi connectivity index (χ4n) is 4.74. The Hall–Kier alpha value is -5.40. The number of alkyl halides is 6. The van der Waals surface area contributed by atoms with Gasteiger partial charge in [0.05, 0.1) is 28.0 Å². The van der Waals surface area contributed by atoms with E-state index in [1.807, 2.05) is 0 Å². The highest BCUT2D eigenvalue weighted by Crippen LogP contribution is 2.36. The second-order valence-corrected chi connectivity index (χ2v) is 10.1. The number of rotatable bonds is 6. The molecule has 0 aliphatic rings. The summed E-state index contributed by atoms with van der Waals surface area (Å²) in [5.41, 5.74) is 0.182. The summed E-state index contributed by atoms with van der Waals surface area (Å²) in [5.74, 6) is 0.100. The second-order valence-electron chi connectivity index (χ2n) is 10.1. The lowest BCUT2D eigenvalue weighted by Crippen LogP contribution is -2.07. The molecule has 6 aromatic rings. The first kappa shape index (κ1) is 29.7. The first-order valence-electron chi connectivity index (χ1n) is 13.3. The molecule has 0 spiro atoms. The third kappa shape index (κ3) is 5.90. The fourth-order valence-corrected chi connectivity index (χ4v) is 4.74. The molecule has 6 rings (SSSR count). The van der Waals surface area contributed by atoms with Crippen molar-refractivity contribution in [3.8, 4) is 34.3 Å². The number of aromatic nitrogens is 5. The summed E-state index contributed by atoms with van der Waals surface area (Å²) in [5, 5.41) is 2.63. The molecule has 0 amide bonds. The molecule has 0 fully saturated rings. The molecular formula is C31H21F7N6O. The van der Waals surface area contributed by atoms with Gasteiger partial charge in [-0.2, -0.15) is 26.3 Å². The monoisotopic (exact) mass is 626 g/mol. The van der Waals surface area contributed by atoms with Crippen LogP contribution in [-0.2, 0) is 19.4 Å². The van der Waals surface area contributed by atoms with Crippen molar-refractivity contribution >= 4 is 22.7 Å². The van der Waals surface area contributed by atoms with Crippen LogP contribution in [0.1, 0.15) is 16.8 Å². The van der Waals surface area contributed by atoms with Crippen LogP contribution in [0.2, 0.25) is 0 Å². The summed E-state index contributed by atoms with van der Waals surface area (Å²) in [6, 6.07) is 15.1. The zero-order valence-electron chi connectivity index (χ0n) is 23.3. The first-order chi connectivity index (χ1) is 21.3. The molecule has 0 aliphatic carbocycles. The average molecular weight is 627 g/mol. The van der Waals surface area contributed by atoms with E-state index < -0.39 is 35.0 Å². The van der Waals surface area contributed by atoms with Crippen molar-refractivity contribution in [1.82, 2.24) is 24.5 Å². The number of hydrogen-bond acceptors (Lipinski definition) is 5. The van der Waals surface area contributed by atoms with Gasteiger partial charge in [-0.1, -0.05) is 18.2 Å². The van der Waals surface area contributed by atoms with Crippen molar-refractivity contribution < 1.29 is 35.5 Å². The number of fused-ring (bicyclic) bond motifs is 1. The van der Waals surface area contributed by atoms with Crippen LogP contribution in [0.4, 0.5) is 42.4 Å². The van der Waals surface area contributed by atoms with Gasteiger partial charge in [-0.3, -0.25) is 4.98 Å². The van der Waals surface area contributed by atoms with Gasteiger partial charge in [0.2, 0.25) is 5.95 Å². The van der Waals surface area contributed by atoms with Gasteiger partial charge < -0.3 is 19.6 Å². The van der Waals surface area contributed by atoms with E-state index in [-0.39, 0.29) is 17.3 Å². The maximum Gasteiger partial charge on any atom is 0.416 e. The highest BCUT2D eigenvalue weighted by Gasteiger charge is 2.32. The predicted octanol–water partition coefficient (Wildman–Crippen LogP) is 9.05. The minimum Gasteiger partial charge on any atom is -0.455 e. The third-order valence-electron chi connectivity index (χ3n) is 6.96. The van der Waals surface area contributed by atoms with E-state index in [1.165, 1.54) is 18.3 Å². The predicted molar refractivity (Wildman–Crippen MR) is 152 cm³/mol. The summed E-state index contributed by atoms with van der Waals surface area (Å²) in [4.78, 5) is 16.3. The number of ether oxygens (including phenoxy) is 1. The van der Waals surface area contributed by atoms with Crippen LogP contribution in [0.15, 0.2) is 79.0 Å². The molecule has 0 unspecified atom stereocenters. The molecule has 0 saturated carbocycles. The molecule has 0 aliphatic heterocycles. The van der Waals surface area contributed by atoms with Gasteiger partial charge in [-0.15, -0.1) is 0 Å². The zero-order valence-corrected chi connectivity index (χ0v) is 23.3. The molecule has 3 heterocycles. The Kier molecular flexibility index (Phi) is 7.22. The summed E-state index contributed by atoms with van der Waals surface area (Å²) >= 11 is 0. The number of hydrogen-bond donors (Lipinski definition) is 2. The SMILES string of the molecule is Cc1[nH]c(-c2cc(Oc3cccc4c3nc(Nc3cc(C(F)(F)F)ccc3F)n4C)ccn2)nc1-c1cccc(C(F)(F)F)c1. The van der Waals surface area contributed by atoms with E-state index >= 15 is 0 Å². The van der Waals surface area contributed by atoms with Gasteiger partial charge in [-0.25, -0.2) is 14.4 Å². The van der Waals surface area contributed by atoms with Crippen LogP contribution in [0.5, 0.6) is 11.5 Å². The van der Waals surface area contributed by atoms with Crippen molar-refractivity contribution in [3.05, 3.63) is 102 Å². The van der Waals surface area contributed by atoms with E-state index in [9.17, 15) is 30.7 Å². The van der Waals surface area contributed by atoms with Gasteiger partial charge in [0.15, 0.2) is 11.6 Å². The van der Waals surface area contributed by atoms with Crippen LogP contribution in [0.25, 0.3) is 33.8 Å². The van der Waals surface area contributed by atoms with Crippen LogP contribution in [0.3, 0.4) is 0 Å². The number of imidazole rings is 2. The van der Waals surface area contributed by atoms with E-state index in [4.69, 9.17) is 4.74 Å². The summed E-state index contributed by atoms with van der Waals surface area (Å²) in [6.07, 6.45) is -7.69. The Bertz CT molecular complexity index is 2050. The lowest BCUT2D eigenvalue weighted by atomic mass is 10.1. The largest absolute Gasteiger partial charge is 0.455 e. The first-order valence-corrected chi connectivity index (χ1v) is 13.3. The smallest absolute Gasteiger partial charge is 0.416 e. The molecular weight excluding hydrogens is 605 g/mol. The Morgan fingerprint density at radius 2 is 1.58 bits per heavy atom. The highest BCUT2D eigenvalue weighted by atomic mass is 19.4. The molecule has 7 nitrogen and oxygen atoms in total. The molecule has 2 N–H and O–H groups in total. The van der Waals surface area contributed by atoms with Crippen molar-refractivity contribution in [1.29, 1.82) is 0 Å². The van der Waals surface area contributed by atoms with Gasteiger partial charge in [0.25, 0.3) is 0 Å². The highest BCUT2D eigenvalue weighted by molar-refractivity contribution is 5.85. The molecule has 3 aromatic heterocycles. The van der Waals surface area contributed by atoms with E-state index in [0.717, 1.165) is 18.2 Å². The molecule has 0 bridgehead atoms. The summed E-state index contributed by atoms with van der Waals surface area (Å²) in [6.45, 7) is 1.69. The van der Waals surface area contributed by atoms with Gasteiger partial charge in [-0.05, 0) is 55.5 Å². The minimum absolute atomic E-state index is 0.0721.